The number of anilines is 1. The van der Waals surface area contributed by atoms with Crippen molar-refractivity contribution >= 4 is 38.0 Å². The average Bonchev–Trinajstić information content (AvgIpc) is 3.40. The van der Waals surface area contributed by atoms with Gasteiger partial charge in [-0.2, -0.15) is 0 Å². The molecule has 25 heavy (non-hydrogen) atoms. The number of pyridine rings is 1. The molecule has 4 heterocycles. The lowest BCUT2D eigenvalue weighted by atomic mass is 10.1. The molecular weight excluding hydrogens is 346 g/mol. The molecule has 1 atom stereocenters. The number of fused-ring (bicyclic) bond motifs is 1. The molecule has 0 bridgehead atoms. The van der Waals surface area contributed by atoms with Crippen molar-refractivity contribution in [2.75, 3.05) is 11.4 Å². The molecular formula is C20H17N3S2. The summed E-state index contributed by atoms with van der Waals surface area (Å²) in [4.78, 5) is 13.0. The second-order valence-corrected chi connectivity index (χ2v) is 8.27. The average molecular weight is 364 g/mol. The van der Waals surface area contributed by atoms with Crippen LogP contribution in [0.4, 0.5) is 5.13 Å². The van der Waals surface area contributed by atoms with E-state index in [-0.39, 0.29) is 0 Å². The predicted octanol–water partition coefficient (Wildman–Crippen LogP) is 5.76. The smallest absolute Gasteiger partial charge is 0.186 e. The van der Waals surface area contributed by atoms with E-state index in [0.717, 1.165) is 17.2 Å². The van der Waals surface area contributed by atoms with Crippen molar-refractivity contribution in [3.05, 3.63) is 65.1 Å². The second-order valence-electron chi connectivity index (χ2n) is 6.28. The lowest BCUT2D eigenvalue weighted by Crippen LogP contribution is -2.21. The molecule has 0 unspecified atom stereocenters. The first kappa shape index (κ1) is 15.0. The summed E-state index contributed by atoms with van der Waals surface area (Å²) in [5, 5.41) is 3.32. The molecule has 5 heteroatoms. The molecule has 1 aromatic carbocycles. The maximum atomic E-state index is 4.93. The van der Waals surface area contributed by atoms with Gasteiger partial charge in [0.1, 0.15) is 0 Å². The van der Waals surface area contributed by atoms with Gasteiger partial charge >= 0.3 is 0 Å². The van der Waals surface area contributed by atoms with Gasteiger partial charge in [-0.1, -0.05) is 23.5 Å². The lowest BCUT2D eigenvalue weighted by molar-refractivity contribution is 0.732. The molecule has 0 spiro atoms. The summed E-state index contributed by atoms with van der Waals surface area (Å²) in [6.45, 7) is 1.10. The van der Waals surface area contributed by atoms with Gasteiger partial charge in [0.15, 0.2) is 5.13 Å². The zero-order valence-corrected chi connectivity index (χ0v) is 15.3. The molecule has 1 aliphatic heterocycles. The molecule has 0 N–H and O–H groups in total. The highest BCUT2D eigenvalue weighted by Gasteiger charge is 2.29. The number of nitrogens with zero attached hydrogens (tertiary/aromatic N) is 3. The number of aromatic nitrogens is 2. The fraction of sp³-hybridized carbons (Fsp3) is 0.200. The van der Waals surface area contributed by atoms with Crippen LogP contribution in [0.25, 0.3) is 21.3 Å². The van der Waals surface area contributed by atoms with Crippen molar-refractivity contribution in [3.63, 3.8) is 0 Å². The maximum Gasteiger partial charge on any atom is 0.186 e. The Bertz CT molecular complexity index is 992. The van der Waals surface area contributed by atoms with Gasteiger partial charge in [-0.15, -0.1) is 11.3 Å². The van der Waals surface area contributed by atoms with Gasteiger partial charge < -0.3 is 4.90 Å². The number of hydrogen-bond acceptors (Lipinski definition) is 5. The minimum Gasteiger partial charge on any atom is -0.340 e. The largest absolute Gasteiger partial charge is 0.340 e. The summed E-state index contributed by atoms with van der Waals surface area (Å²) in [6, 6.07) is 15.5. The first-order chi connectivity index (χ1) is 12.4. The molecule has 1 aliphatic rings. The van der Waals surface area contributed by atoms with Gasteiger partial charge in [0.25, 0.3) is 0 Å². The monoisotopic (exact) mass is 363 g/mol. The Morgan fingerprint density at radius 2 is 1.96 bits per heavy atom. The molecule has 3 nitrogen and oxygen atoms in total. The van der Waals surface area contributed by atoms with E-state index >= 15 is 0 Å². The molecule has 5 rings (SSSR count). The van der Waals surface area contributed by atoms with E-state index in [4.69, 9.17) is 4.98 Å². The van der Waals surface area contributed by atoms with Crippen molar-refractivity contribution in [1.82, 2.24) is 9.97 Å². The number of rotatable bonds is 3. The van der Waals surface area contributed by atoms with Gasteiger partial charge in [-0.25, -0.2) is 4.98 Å². The van der Waals surface area contributed by atoms with Gasteiger partial charge in [0.2, 0.25) is 0 Å². The van der Waals surface area contributed by atoms with Crippen molar-refractivity contribution in [2.24, 2.45) is 0 Å². The van der Waals surface area contributed by atoms with Crippen LogP contribution < -0.4 is 4.90 Å². The van der Waals surface area contributed by atoms with Crippen molar-refractivity contribution in [3.8, 4) is 11.1 Å². The van der Waals surface area contributed by atoms with Crippen LogP contribution in [-0.4, -0.2) is 16.5 Å². The van der Waals surface area contributed by atoms with E-state index < -0.39 is 0 Å². The third kappa shape index (κ3) is 2.73. The Morgan fingerprint density at radius 3 is 2.80 bits per heavy atom. The summed E-state index contributed by atoms with van der Waals surface area (Å²) in [5.74, 6) is 0. The molecule has 0 amide bonds. The quantitative estimate of drug-likeness (QED) is 0.463. The molecule has 1 fully saturated rings. The van der Waals surface area contributed by atoms with Crippen LogP contribution >= 0.6 is 22.7 Å². The summed E-state index contributed by atoms with van der Waals surface area (Å²) < 4.78 is 1.25. The van der Waals surface area contributed by atoms with Crippen LogP contribution in [0.5, 0.6) is 0 Å². The topological polar surface area (TPSA) is 29.0 Å². The molecule has 3 aromatic heterocycles. The van der Waals surface area contributed by atoms with E-state index in [1.165, 1.54) is 33.5 Å². The molecule has 124 valence electrons. The number of thiazole rings is 1. The number of thiophene rings is 1. The minimum atomic E-state index is 0.486. The van der Waals surface area contributed by atoms with Gasteiger partial charge in [0.05, 0.1) is 16.3 Å². The zero-order chi connectivity index (χ0) is 16.6. The van der Waals surface area contributed by atoms with E-state index in [1.807, 2.05) is 35.1 Å². The molecule has 0 aliphatic carbocycles. The highest BCUT2D eigenvalue weighted by molar-refractivity contribution is 7.22. The second kappa shape index (κ2) is 6.24. The van der Waals surface area contributed by atoms with Gasteiger partial charge in [-0.05, 0) is 59.7 Å². The van der Waals surface area contributed by atoms with E-state index in [2.05, 4.69) is 57.7 Å². The summed E-state index contributed by atoms with van der Waals surface area (Å²) in [5.41, 5.74) is 3.51. The normalized spacial score (nSPS) is 17.4. The highest BCUT2D eigenvalue weighted by atomic mass is 32.1. The Balaban J connectivity index is 1.52. The molecule has 4 aromatic rings. The molecule has 0 radical (unpaired) electrons. The molecule has 0 saturated carbocycles. The highest BCUT2D eigenvalue weighted by Crippen LogP contribution is 2.41. The van der Waals surface area contributed by atoms with Crippen molar-refractivity contribution in [1.29, 1.82) is 0 Å². The summed E-state index contributed by atoms with van der Waals surface area (Å²) >= 11 is 3.66. The fourth-order valence-corrected chi connectivity index (χ4v) is 5.49. The third-order valence-electron chi connectivity index (χ3n) is 4.76. The third-order valence-corrected chi connectivity index (χ3v) is 6.79. The Kier molecular flexibility index (Phi) is 3.76. The lowest BCUT2D eigenvalue weighted by Gasteiger charge is -2.22. The summed E-state index contributed by atoms with van der Waals surface area (Å²) in [6.07, 6.45) is 6.14. The Labute approximate surface area is 154 Å². The number of hydrogen-bond donors (Lipinski definition) is 0. The number of benzene rings is 1. The van der Waals surface area contributed by atoms with Crippen LogP contribution in [-0.2, 0) is 0 Å². The Morgan fingerprint density at radius 1 is 1.04 bits per heavy atom. The van der Waals surface area contributed by atoms with Gasteiger partial charge in [-0.3, -0.25) is 4.98 Å². The van der Waals surface area contributed by atoms with Crippen LogP contribution in [0.1, 0.15) is 23.8 Å². The Hall–Kier alpha value is -2.24. The maximum absolute atomic E-state index is 4.93. The van der Waals surface area contributed by atoms with Crippen molar-refractivity contribution in [2.45, 2.75) is 18.9 Å². The van der Waals surface area contributed by atoms with Crippen LogP contribution in [0.3, 0.4) is 0 Å². The van der Waals surface area contributed by atoms with Crippen LogP contribution in [0.2, 0.25) is 0 Å². The molecule has 1 saturated heterocycles. The zero-order valence-electron chi connectivity index (χ0n) is 13.6. The summed E-state index contributed by atoms with van der Waals surface area (Å²) in [7, 11) is 0. The van der Waals surface area contributed by atoms with E-state index in [0.29, 0.717) is 6.04 Å². The van der Waals surface area contributed by atoms with Gasteiger partial charge in [0, 0.05) is 23.8 Å². The minimum absolute atomic E-state index is 0.486. The first-order valence-corrected chi connectivity index (χ1v) is 10.2. The predicted molar refractivity (Wildman–Crippen MR) is 106 cm³/mol. The first-order valence-electron chi connectivity index (χ1n) is 8.49. The van der Waals surface area contributed by atoms with E-state index in [9.17, 15) is 0 Å². The fourth-order valence-electron chi connectivity index (χ4n) is 3.53. The van der Waals surface area contributed by atoms with Crippen LogP contribution in [0.15, 0.2) is 60.2 Å². The van der Waals surface area contributed by atoms with Crippen molar-refractivity contribution < 1.29 is 0 Å². The SMILES string of the molecule is c1csc([C@H]2CCCN2c2nc3ccc(-c4ccncc4)cc3s2)c1. The van der Waals surface area contributed by atoms with Crippen LogP contribution in [0, 0.1) is 0 Å². The standard InChI is InChI=1S/C20H17N3S2/c1-3-17(18-4-2-12-24-18)23(11-1)20-22-16-6-5-15(13-19(16)25-20)14-7-9-21-10-8-14/h2,4-10,12-13,17H,1,3,11H2/t17-/m1/s1. The van der Waals surface area contributed by atoms with E-state index in [1.54, 1.807) is 0 Å².